The van der Waals surface area contributed by atoms with Gasteiger partial charge in [-0.1, -0.05) is 20.8 Å². The SMILES string of the molecule is C[C@@H](OC(=O)Cc1ncn[nH]1)C(C)(C)C. The Balaban J connectivity index is 2.43. The van der Waals surface area contributed by atoms with Crippen LogP contribution in [-0.2, 0) is 16.0 Å². The van der Waals surface area contributed by atoms with E-state index in [4.69, 9.17) is 4.74 Å². The molecule has 84 valence electrons. The molecule has 0 aliphatic carbocycles. The van der Waals surface area contributed by atoms with Gasteiger partial charge in [0.2, 0.25) is 0 Å². The highest BCUT2D eigenvalue weighted by Gasteiger charge is 2.23. The molecule has 15 heavy (non-hydrogen) atoms. The number of aromatic amines is 1. The van der Waals surface area contributed by atoms with E-state index in [9.17, 15) is 4.79 Å². The summed E-state index contributed by atoms with van der Waals surface area (Å²) in [5.74, 6) is 0.246. The molecule has 0 bridgehead atoms. The predicted octanol–water partition coefficient (Wildman–Crippen LogP) is 1.32. The van der Waals surface area contributed by atoms with Gasteiger partial charge in [0.05, 0.1) is 0 Å². The van der Waals surface area contributed by atoms with Crippen LogP contribution in [0.4, 0.5) is 0 Å². The molecule has 0 unspecified atom stereocenters. The highest BCUT2D eigenvalue weighted by molar-refractivity contribution is 5.71. The van der Waals surface area contributed by atoms with Gasteiger partial charge in [0, 0.05) is 0 Å². The average Bonchev–Trinajstić information content (AvgIpc) is 2.54. The van der Waals surface area contributed by atoms with Gasteiger partial charge in [0.1, 0.15) is 24.7 Å². The molecule has 0 amide bonds. The Morgan fingerprint density at radius 3 is 2.73 bits per heavy atom. The smallest absolute Gasteiger partial charge is 0.313 e. The van der Waals surface area contributed by atoms with E-state index < -0.39 is 0 Å². The van der Waals surface area contributed by atoms with Crippen LogP contribution >= 0.6 is 0 Å². The summed E-state index contributed by atoms with van der Waals surface area (Å²) in [6.07, 6.45) is 1.39. The van der Waals surface area contributed by atoms with Gasteiger partial charge < -0.3 is 4.74 Å². The summed E-state index contributed by atoms with van der Waals surface area (Å²) < 4.78 is 5.26. The molecule has 1 aromatic heterocycles. The Kier molecular flexibility index (Phi) is 3.44. The van der Waals surface area contributed by atoms with Crippen LogP contribution in [0.25, 0.3) is 0 Å². The molecule has 0 fully saturated rings. The van der Waals surface area contributed by atoms with Crippen molar-refractivity contribution in [2.24, 2.45) is 5.41 Å². The van der Waals surface area contributed by atoms with E-state index in [2.05, 4.69) is 15.2 Å². The molecule has 5 nitrogen and oxygen atoms in total. The number of nitrogens with one attached hydrogen (secondary N) is 1. The lowest BCUT2D eigenvalue weighted by Crippen LogP contribution is -2.29. The number of rotatable bonds is 3. The molecule has 0 saturated carbocycles. The average molecular weight is 211 g/mol. The van der Waals surface area contributed by atoms with Crippen LogP contribution in [0.2, 0.25) is 0 Å². The lowest BCUT2D eigenvalue weighted by molar-refractivity contribution is -0.152. The first-order valence-electron chi connectivity index (χ1n) is 4.93. The second kappa shape index (κ2) is 4.42. The van der Waals surface area contributed by atoms with Gasteiger partial charge in [-0.2, -0.15) is 5.10 Å². The van der Waals surface area contributed by atoms with E-state index in [-0.39, 0.29) is 23.9 Å². The lowest BCUT2D eigenvalue weighted by atomic mass is 9.90. The monoisotopic (exact) mass is 211 g/mol. The molecule has 1 rings (SSSR count). The third kappa shape index (κ3) is 3.69. The van der Waals surface area contributed by atoms with E-state index >= 15 is 0 Å². The second-order valence-corrected chi connectivity index (χ2v) is 4.61. The van der Waals surface area contributed by atoms with Crippen LogP contribution in [-0.4, -0.2) is 27.3 Å². The first-order valence-corrected chi connectivity index (χ1v) is 4.93. The molecular weight excluding hydrogens is 194 g/mol. The van der Waals surface area contributed by atoms with Gasteiger partial charge in [-0.25, -0.2) is 4.98 Å². The lowest BCUT2D eigenvalue weighted by Gasteiger charge is -2.26. The van der Waals surface area contributed by atoms with Gasteiger partial charge in [-0.3, -0.25) is 9.89 Å². The molecular formula is C10H17N3O2. The van der Waals surface area contributed by atoms with Crippen LogP contribution in [0.15, 0.2) is 6.33 Å². The van der Waals surface area contributed by atoms with Crippen molar-refractivity contribution < 1.29 is 9.53 Å². The van der Waals surface area contributed by atoms with E-state index in [1.165, 1.54) is 6.33 Å². The Morgan fingerprint density at radius 2 is 2.27 bits per heavy atom. The molecule has 0 radical (unpaired) electrons. The highest BCUT2D eigenvalue weighted by Crippen LogP contribution is 2.21. The summed E-state index contributed by atoms with van der Waals surface area (Å²) in [5.41, 5.74) is -0.0446. The standard InChI is InChI=1S/C10H17N3O2/c1-7(10(2,3)4)15-9(14)5-8-11-6-12-13-8/h6-7H,5H2,1-4H3,(H,11,12,13)/t7-/m1/s1. The summed E-state index contributed by atoms with van der Waals surface area (Å²) in [7, 11) is 0. The molecule has 1 aromatic rings. The summed E-state index contributed by atoms with van der Waals surface area (Å²) in [5, 5.41) is 6.28. The molecule has 1 atom stereocenters. The van der Waals surface area contributed by atoms with Crippen molar-refractivity contribution in [2.75, 3.05) is 0 Å². The van der Waals surface area contributed by atoms with Crippen molar-refractivity contribution in [1.82, 2.24) is 15.2 Å². The Labute approximate surface area is 89.2 Å². The summed E-state index contributed by atoms with van der Waals surface area (Å²) in [4.78, 5) is 15.3. The largest absolute Gasteiger partial charge is 0.462 e. The zero-order valence-electron chi connectivity index (χ0n) is 9.57. The minimum absolute atomic E-state index is 0.0446. The van der Waals surface area contributed by atoms with Gasteiger partial charge in [0.15, 0.2) is 0 Å². The number of ether oxygens (including phenoxy) is 1. The predicted molar refractivity (Wildman–Crippen MR) is 55.1 cm³/mol. The number of nitrogens with zero attached hydrogens (tertiary/aromatic N) is 2. The van der Waals surface area contributed by atoms with Gasteiger partial charge >= 0.3 is 5.97 Å². The molecule has 0 aromatic carbocycles. The van der Waals surface area contributed by atoms with Crippen LogP contribution in [0, 0.1) is 5.41 Å². The molecule has 1 heterocycles. The van der Waals surface area contributed by atoms with Gasteiger partial charge in [-0.05, 0) is 12.3 Å². The van der Waals surface area contributed by atoms with Crippen molar-refractivity contribution in [1.29, 1.82) is 0 Å². The van der Waals surface area contributed by atoms with Gasteiger partial charge in [0.25, 0.3) is 0 Å². The van der Waals surface area contributed by atoms with Crippen molar-refractivity contribution in [3.63, 3.8) is 0 Å². The maximum absolute atomic E-state index is 11.5. The maximum Gasteiger partial charge on any atom is 0.313 e. The van der Waals surface area contributed by atoms with Crippen LogP contribution < -0.4 is 0 Å². The van der Waals surface area contributed by atoms with Crippen molar-refractivity contribution in [2.45, 2.75) is 40.2 Å². The minimum atomic E-state index is -0.283. The number of H-pyrrole nitrogens is 1. The van der Waals surface area contributed by atoms with Crippen LogP contribution in [0.5, 0.6) is 0 Å². The van der Waals surface area contributed by atoms with Crippen molar-refractivity contribution in [3.05, 3.63) is 12.2 Å². The summed E-state index contributed by atoms with van der Waals surface area (Å²) in [6.45, 7) is 7.97. The second-order valence-electron chi connectivity index (χ2n) is 4.61. The van der Waals surface area contributed by atoms with E-state index in [0.29, 0.717) is 5.82 Å². The minimum Gasteiger partial charge on any atom is -0.462 e. The molecule has 0 saturated heterocycles. The number of hydrogen-bond acceptors (Lipinski definition) is 4. The molecule has 0 spiro atoms. The van der Waals surface area contributed by atoms with E-state index in [1.54, 1.807) is 0 Å². The summed E-state index contributed by atoms with van der Waals surface area (Å²) >= 11 is 0. The Bertz CT molecular complexity index is 314. The highest BCUT2D eigenvalue weighted by atomic mass is 16.5. The van der Waals surface area contributed by atoms with Crippen molar-refractivity contribution >= 4 is 5.97 Å². The first kappa shape index (κ1) is 11.7. The third-order valence-corrected chi connectivity index (χ3v) is 2.30. The molecule has 0 aliphatic heterocycles. The number of aromatic nitrogens is 3. The third-order valence-electron chi connectivity index (χ3n) is 2.30. The molecule has 0 aliphatic rings. The number of carbonyl (C=O) groups is 1. The number of hydrogen-bond donors (Lipinski definition) is 1. The zero-order valence-corrected chi connectivity index (χ0v) is 9.57. The number of carbonyl (C=O) groups excluding carboxylic acids is 1. The van der Waals surface area contributed by atoms with E-state index in [0.717, 1.165) is 0 Å². The molecule has 5 heteroatoms. The topological polar surface area (TPSA) is 67.9 Å². The Hall–Kier alpha value is -1.39. The van der Waals surface area contributed by atoms with Gasteiger partial charge in [-0.15, -0.1) is 0 Å². The van der Waals surface area contributed by atoms with E-state index in [1.807, 2.05) is 27.7 Å². The molecule has 1 N–H and O–H groups in total. The maximum atomic E-state index is 11.5. The number of esters is 1. The zero-order chi connectivity index (χ0) is 11.5. The summed E-state index contributed by atoms with van der Waals surface area (Å²) in [6, 6.07) is 0. The van der Waals surface area contributed by atoms with Crippen LogP contribution in [0.1, 0.15) is 33.5 Å². The fourth-order valence-electron chi connectivity index (χ4n) is 0.868. The quantitative estimate of drug-likeness (QED) is 0.766. The normalized spacial score (nSPS) is 13.6. The van der Waals surface area contributed by atoms with Crippen molar-refractivity contribution in [3.8, 4) is 0 Å². The Morgan fingerprint density at radius 1 is 1.60 bits per heavy atom. The first-order chi connectivity index (χ1) is 6.89. The fourth-order valence-corrected chi connectivity index (χ4v) is 0.868. The fraction of sp³-hybridized carbons (Fsp3) is 0.700. The van der Waals surface area contributed by atoms with Crippen LogP contribution in [0.3, 0.4) is 0 Å².